The number of nitrogens with zero attached hydrogens (tertiary/aromatic N) is 4. The van der Waals surface area contributed by atoms with Gasteiger partial charge in [0.1, 0.15) is 17.7 Å². The highest BCUT2D eigenvalue weighted by atomic mass is 32.1. The number of esters is 1. The van der Waals surface area contributed by atoms with E-state index >= 15 is 0 Å². The van der Waals surface area contributed by atoms with Crippen LogP contribution in [0.25, 0.3) is 6.08 Å². The molecule has 3 aromatic rings. The number of para-hydroxylation sites is 2. The SMILES string of the molecule is CCOC(=O)C1=C(C)N=c2s/c(=C/[C@H]3C(=O)N(c4ccccc4)N=C3C)c(=O)n2[C@H]1c1ccccc1OC. The van der Waals surface area contributed by atoms with E-state index in [1.54, 1.807) is 45.0 Å². The van der Waals surface area contributed by atoms with Gasteiger partial charge in [0.2, 0.25) is 0 Å². The summed E-state index contributed by atoms with van der Waals surface area (Å²) >= 11 is 1.17. The Bertz CT molecular complexity index is 1670. The summed E-state index contributed by atoms with van der Waals surface area (Å²) in [5, 5.41) is 5.79. The number of rotatable bonds is 6. The second-order valence-electron chi connectivity index (χ2n) is 8.77. The quantitative estimate of drug-likeness (QED) is 0.456. The van der Waals surface area contributed by atoms with Crippen LogP contribution in [0, 0.1) is 5.92 Å². The van der Waals surface area contributed by atoms with E-state index in [2.05, 4.69) is 10.1 Å². The highest BCUT2D eigenvalue weighted by Crippen LogP contribution is 2.35. The van der Waals surface area contributed by atoms with Crippen LogP contribution < -0.4 is 24.6 Å². The third-order valence-corrected chi connectivity index (χ3v) is 7.45. The smallest absolute Gasteiger partial charge is 0.338 e. The van der Waals surface area contributed by atoms with Gasteiger partial charge in [-0.05, 0) is 45.0 Å². The number of allylic oxidation sites excluding steroid dienone is 1. The summed E-state index contributed by atoms with van der Waals surface area (Å²) in [5.41, 5.74) is 2.22. The molecule has 0 unspecified atom stereocenters. The minimum Gasteiger partial charge on any atom is -0.496 e. The Hall–Kier alpha value is -4.31. The standard InChI is InChI=1S/C28H26N4O5S/c1-5-37-27(35)23-17(3)29-28-31(24(23)19-13-9-10-14-21(19)36-4)26(34)22(38-28)15-20-16(2)30-32(25(20)33)18-11-7-6-8-12-18/h6-15,20,24H,5H2,1-4H3/b22-15+/t20-,24+/m1/s1. The highest BCUT2D eigenvalue weighted by Gasteiger charge is 2.36. The molecule has 1 amide bonds. The lowest BCUT2D eigenvalue weighted by molar-refractivity contribution is -0.139. The highest BCUT2D eigenvalue weighted by molar-refractivity contribution is 7.07. The average Bonchev–Trinajstić information content (AvgIpc) is 3.38. The van der Waals surface area contributed by atoms with Crippen molar-refractivity contribution in [3.63, 3.8) is 0 Å². The number of carbonyl (C=O) groups excluding carboxylic acids is 2. The third-order valence-electron chi connectivity index (χ3n) is 6.45. The topological polar surface area (TPSA) is 103 Å². The van der Waals surface area contributed by atoms with Gasteiger partial charge in [-0.1, -0.05) is 47.7 Å². The Labute approximate surface area is 222 Å². The molecule has 0 saturated carbocycles. The molecule has 2 atom stereocenters. The van der Waals surface area contributed by atoms with Crippen molar-refractivity contribution in [2.45, 2.75) is 26.8 Å². The number of hydrazone groups is 1. The summed E-state index contributed by atoms with van der Waals surface area (Å²) in [4.78, 5) is 45.3. The molecule has 0 aliphatic carbocycles. The van der Waals surface area contributed by atoms with Gasteiger partial charge < -0.3 is 9.47 Å². The first-order valence-electron chi connectivity index (χ1n) is 12.1. The van der Waals surface area contributed by atoms with Crippen molar-refractivity contribution in [3.05, 3.63) is 91.1 Å². The molecule has 1 aromatic heterocycles. The molecule has 38 heavy (non-hydrogen) atoms. The Kier molecular flexibility index (Phi) is 6.81. The first-order valence-corrected chi connectivity index (χ1v) is 12.9. The van der Waals surface area contributed by atoms with Gasteiger partial charge in [-0.3, -0.25) is 14.2 Å². The lowest BCUT2D eigenvalue weighted by Crippen LogP contribution is -2.40. The van der Waals surface area contributed by atoms with Gasteiger partial charge in [0.05, 0.1) is 40.9 Å². The molecule has 0 spiro atoms. The molecule has 3 heterocycles. The summed E-state index contributed by atoms with van der Waals surface area (Å²) in [7, 11) is 1.54. The normalized spacial score (nSPS) is 19.3. The van der Waals surface area contributed by atoms with Gasteiger partial charge in [-0.15, -0.1) is 0 Å². The fourth-order valence-electron chi connectivity index (χ4n) is 4.67. The molecular formula is C28H26N4O5S. The van der Waals surface area contributed by atoms with Crippen LogP contribution in [0.2, 0.25) is 0 Å². The Morgan fingerprint density at radius 3 is 2.50 bits per heavy atom. The van der Waals surface area contributed by atoms with Gasteiger partial charge in [0.25, 0.3) is 11.5 Å². The lowest BCUT2D eigenvalue weighted by Gasteiger charge is -2.25. The fourth-order valence-corrected chi connectivity index (χ4v) is 5.73. The zero-order valence-corrected chi connectivity index (χ0v) is 22.2. The van der Waals surface area contributed by atoms with E-state index in [1.165, 1.54) is 28.0 Å². The van der Waals surface area contributed by atoms with Gasteiger partial charge in [-0.2, -0.15) is 10.1 Å². The molecule has 2 aliphatic heterocycles. The third kappa shape index (κ3) is 4.26. The molecular weight excluding hydrogens is 504 g/mol. The van der Waals surface area contributed by atoms with Gasteiger partial charge in [-0.25, -0.2) is 9.79 Å². The van der Waals surface area contributed by atoms with E-state index in [9.17, 15) is 14.4 Å². The number of amides is 1. The maximum atomic E-state index is 13.9. The van der Waals surface area contributed by atoms with E-state index in [4.69, 9.17) is 9.47 Å². The number of fused-ring (bicyclic) bond motifs is 1. The minimum absolute atomic E-state index is 0.180. The summed E-state index contributed by atoms with van der Waals surface area (Å²) in [6, 6.07) is 15.6. The summed E-state index contributed by atoms with van der Waals surface area (Å²) < 4.78 is 12.7. The van der Waals surface area contributed by atoms with Crippen LogP contribution in [0.3, 0.4) is 0 Å². The molecule has 0 saturated heterocycles. The Balaban J connectivity index is 1.66. The fraction of sp³-hybridized carbons (Fsp3) is 0.250. The number of hydrogen-bond acceptors (Lipinski definition) is 8. The molecule has 2 aliphatic rings. The molecule has 0 radical (unpaired) electrons. The number of ether oxygens (including phenoxy) is 2. The first-order chi connectivity index (χ1) is 18.3. The van der Waals surface area contributed by atoms with Crippen molar-refractivity contribution in [2.75, 3.05) is 18.7 Å². The minimum atomic E-state index is -0.807. The molecule has 0 N–H and O–H groups in total. The van der Waals surface area contributed by atoms with Crippen LogP contribution in [0.5, 0.6) is 5.75 Å². The Morgan fingerprint density at radius 2 is 1.79 bits per heavy atom. The van der Waals surface area contributed by atoms with Crippen LogP contribution >= 0.6 is 11.3 Å². The summed E-state index contributed by atoms with van der Waals surface area (Å²) in [5.74, 6) is -0.974. The second kappa shape index (κ2) is 10.2. The van der Waals surface area contributed by atoms with Gasteiger partial charge in [0.15, 0.2) is 4.80 Å². The number of thiazole rings is 1. The molecule has 9 nitrogen and oxygen atoms in total. The monoisotopic (exact) mass is 530 g/mol. The summed E-state index contributed by atoms with van der Waals surface area (Å²) in [6.07, 6.45) is 1.64. The first kappa shape index (κ1) is 25.3. The molecule has 0 bridgehead atoms. The summed E-state index contributed by atoms with van der Waals surface area (Å²) in [6.45, 7) is 5.39. The van der Waals surface area contributed by atoms with Gasteiger partial charge >= 0.3 is 5.97 Å². The molecule has 194 valence electrons. The number of carbonyl (C=O) groups is 2. The van der Waals surface area contributed by atoms with Crippen molar-refractivity contribution in [3.8, 4) is 5.75 Å². The van der Waals surface area contributed by atoms with Crippen molar-refractivity contribution >= 4 is 40.7 Å². The van der Waals surface area contributed by atoms with Crippen LogP contribution in [0.15, 0.2) is 80.8 Å². The van der Waals surface area contributed by atoms with E-state index in [-0.39, 0.29) is 23.6 Å². The van der Waals surface area contributed by atoms with E-state index < -0.39 is 17.9 Å². The molecule has 10 heteroatoms. The number of hydrogen-bond donors (Lipinski definition) is 0. The van der Waals surface area contributed by atoms with Crippen LogP contribution in [0.4, 0.5) is 5.69 Å². The predicted octanol–water partition coefficient (Wildman–Crippen LogP) is 2.80. The van der Waals surface area contributed by atoms with Crippen LogP contribution in [0.1, 0.15) is 32.4 Å². The second-order valence-corrected chi connectivity index (χ2v) is 9.78. The molecule has 5 rings (SSSR count). The van der Waals surface area contributed by atoms with Crippen molar-refractivity contribution in [1.82, 2.24) is 4.57 Å². The maximum absolute atomic E-state index is 13.9. The van der Waals surface area contributed by atoms with Crippen molar-refractivity contribution in [2.24, 2.45) is 16.0 Å². The Morgan fingerprint density at radius 1 is 1.08 bits per heavy atom. The van der Waals surface area contributed by atoms with Crippen LogP contribution in [-0.4, -0.2) is 35.9 Å². The average molecular weight is 531 g/mol. The van der Waals surface area contributed by atoms with Gasteiger partial charge in [0, 0.05) is 5.56 Å². The van der Waals surface area contributed by atoms with E-state index in [1.807, 2.05) is 36.4 Å². The number of benzene rings is 2. The predicted molar refractivity (Wildman–Crippen MR) is 145 cm³/mol. The number of methoxy groups -OCH3 is 1. The lowest BCUT2D eigenvalue weighted by atomic mass is 9.95. The number of anilines is 1. The molecule has 0 fully saturated rings. The maximum Gasteiger partial charge on any atom is 0.338 e. The number of aromatic nitrogens is 1. The van der Waals surface area contributed by atoms with E-state index in [0.29, 0.717) is 37.7 Å². The van der Waals surface area contributed by atoms with Crippen molar-refractivity contribution < 1.29 is 19.1 Å². The zero-order chi connectivity index (χ0) is 27.0. The largest absolute Gasteiger partial charge is 0.496 e. The van der Waals surface area contributed by atoms with Crippen LogP contribution in [-0.2, 0) is 14.3 Å². The van der Waals surface area contributed by atoms with Crippen molar-refractivity contribution in [1.29, 1.82) is 0 Å². The zero-order valence-electron chi connectivity index (χ0n) is 21.4. The van der Waals surface area contributed by atoms with E-state index in [0.717, 1.165) is 0 Å². The molecule has 2 aromatic carbocycles.